The average Bonchev–Trinajstić information content (AvgIpc) is 2.54. The van der Waals surface area contributed by atoms with Crippen LogP contribution in [0.1, 0.15) is 18.5 Å². The molecule has 5 nitrogen and oxygen atoms in total. The average molecular weight is 305 g/mol. The highest BCUT2D eigenvalue weighted by atomic mass is 32.2. The van der Waals surface area contributed by atoms with Gasteiger partial charge in [0.05, 0.1) is 10.6 Å². The largest absolute Gasteiger partial charge is 0.313 e. The topological polar surface area (TPSA) is 62.3 Å². The molecule has 1 atom stereocenters. The van der Waals surface area contributed by atoms with Crippen LogP contribution in [0.2, 0.25) is 0 Å². The minimum Gasteiger partial charge on any atom is -0.313 e. The van der Waals surface area contributed by atoms with E-state index in [4.69, 9.17) is 0 Å². The summed E-state index contributed by atoms with van der Waals surface area (Å²) >= 11 is 0. The van der Waals surface area contributed by atoms with Gasteiger partial charge in [0.2, 0.25) is 0 Å². The van der Waals surface area contributed by atoms with Gasteiger partial charge in [-0.15, -0.1) is 0 Å². The van der Waals surface area contributed by atoms with Crippen molar-refractivity contribution in [1.82, 2.24) is 10.3 Å². The molecule has 1 N–H and O–H groups in total. The van der Waals surface area contributed by atoms with Crippen LogP contribution in [0.5, 0.6) is 0 Å². The summed E-state index contributed by atoms with van der Waals surface area (Å²) in [5.74, 6) is 0. The van der Waals surface area contributed by atoms with Crippen molar-refractivity contribution in [2.24, 2.45) is 0 Å². The molecule has 0 fully saturated rings. The summed E-state index contributed by atoms with van der Waals surface area (Å²) in [6, 6.07) is 10.4. The highest BCUT2D eigenvalue weighted by Gasteiger charge is 2.21. The van der Waals surface area contributed by atoms with E-state index in [0.717, 1.165) is 5.56 Å². The fourth-order valence-electron chi connectivity index (χ4n) is 1.95. The summed E-state index contributed by atoms with van der Waals surface area (Å²) in [6.45, 7) is 2.02. The van der Waals surface area contributed by atoms with Gasteiger partial charge in [-0.3, -0.25) is 9.29 Å². The van der Waals surface area contributed by atoms with Crippen molar-refractivity contribution in [3.63, 3.8) is 0 Å². The minimum absolute atomic E-state index is 0.180. The third-order valence-corrected chi connectivity index (χ3v) is 5.30. The van der Waals surface area contributed by atoms with Crippen molar-refractivity contribution >= 4 is 15.7 Å². The second-order valence-corrected chi connectivity index (χ2v) is 6.73. The molecule has 1 heterocycles. The third-order valence-electron chi connectivity index (χ3n) is 3.50. The lowest BCUT2D eigenvalue weighted by Gasteiger charge is -2.19. The second-order valence-electron chi connectivity index (χ2n) is 4.76. The van der Waals surface area contributed by atoms with Gasteiger partial charge < -0.3 is 5.32 Å². The van der Waals surface area contributed by atoms with Crippen LogP contribution in [0, 0.1) is 0 Å². The molecule has 0 saturated heterocycles. The van der Waals surface area contributed by atoms with Crippen molar-refractivity contribution in [1.29, 1.82) is 0 Å². The first-order valence-corrected chi connectivity index (χ1v) is 8.07. The van der Waals surface area contributed by atoms with E-state index in [2.05, 4.69) is 10.3 Å². The molecule has 2 aromatic rings. The number of pyridine rings is 1. The molecular formula is C15H19N3O2S. The highest BCUT2D eigenvalue weighted by Crippen LogP contribution is 2.22. The smallest absolute Gasteiger partial charge is 0.264 e. The standard InChI is InChI=1S/C15H19N3O2S/c1-12(16-2)13-4-6-15(7-5-13)21(19,20)18(3)14-8-10-17-11-9-14/h4-12,16H,1-3H3. The van der Waals surface area contributed by atoms with Crippen LogP contribution in [0.25, 0.3) is 0 Å². The van der Waals surface area contributed by atoms with Gasteiger partial charge >= 0.3 is 0 Å². The quantitative estimate of drug-likeness (QED) is 0.920. The third kappa shape index (κ3) is 3.22. The molecule has 1 aromatic heterocycles. The van der Waals surface area contributed by atoms with Crippen LogP contribution in [0.15, 0.2) is 53.7 Å². The lowest BCUT2D eigenvalue weighted by molar-refractivity contribution is 0.594. The Morgan fingerprint density at radius 3 is 2.19 bits per heavy atom. The number of rotatable bonds is 5. The molecule has 6 heteroatoms. The number of aromatic nitrogens is 1. The summed E-state index contributed by atoms with van der Waals surface area (Å²) in [7, 11) is -0.152. The molecule has 0 radical (unpaired) electrons. The van der Waals surface area contributed by atoms with Crippen molar-refractivity contribution < 1.29 is 8.42 Å². The maximum atomic E-state index is 12.6. The molecule has 21 heavy (non-hydrogen) atoms. The van der Waals surface area contributed by atoms with Crippen molar-refractivity contribution in [2.75, 3.05) is 18.4 Å². The molecule has 0 aliphatic carbocycles. The van der Waals surface area contributed by atoms with Gasteiger partial charge in [0.1, 0.15) is 0 Å². The molecule has 0 spiro atoms. The first-order chi connectivity index (χ1) is 9.96. The maximum Gasteiger partial charge on any atom is 0.264 e. The van der Waals surface area contributed by atoms with E-state index in [1.54, 1.807) is 36.7 Å². The molecular weight excluding hydrogens is 286 g/mol. The fourth-order valence-corrected chi connectivity index (χ4v) is 3.14. The molecule has 0 aliphatic heterocycles. The lowest BCUT2D eigenvalue weighted by Crippen LogP contribution is -2.26. The van der Waals surface area contributed by atoms with Crippen LogP contribution in [-0.4, -0.2) is 27.5 Å². The summed E-state index contributed by atoms with van der Waals surface area (Å²) in [5, 5.41) is 3.12. The molecule has 0 saturated carbocycles. The molecule has 0 amide bonds. The normalized spacial score (nSPS) is 12.9. The molecule has 1 unspecified atom stereocenters. The molecule has 0 aliphatic rings. The maximum absolute atomic E-state index is 12.6. The first kappa shape index (κ1) is 15.5. The van der Waals surface area contributed by atoms with Gasteiger partial charge in [0, 0.05) is 25.5 Å². The van der Waals surface area contributed by atoms with Gasteiger partial charge in [0.15, 0.2) is 0 Å². The highest BCUT2D eigenvalue weighted by molar-refractivity contribution is 7.92. The van der Waals surface area contributed by atoms with Gasteiger partial charge in [-0.05, 0) is 43.8 Å². The van der Waals surface area contributed by atoms with E-state index in [-0.39, 0.29) is 10.9 Å². The Hall–Kier alpha value is -1.92. The lowest BCUT2D eigenvalue weighted by atomic mass is 10.1. The van der Waals surface area contributed by atoms with Crippen LogP contribution in [0.3, 0.4) is 0 Å². The van der Waals surface area contributed by atoms with E-state index in [9.17, 15) is 8.42 Å². The van der Waals surface area contributed by atoms with E-state index < -0.39 is 10.0 Å². The summed E-state index contributed by atoms with van der Waals surface area (Å²) in [6.07, 6.45) is 3.14. The van der Waals surface area contributed by atoms with Gasteiger partial charge in [-0.2, -0.15) is 0 Å². The molecule has 112 valence electrons. The Labute approximate surface area is 125 Å². The Kier molecular flexibility index (Phi) is 4.59. The fraction of sp³-hybridized carbons (Fsp3) is 0.267. The van der Waals surface area contributed by atoms with Crippen molar-refractivity contribution in [3.8, 4) is 0 Å². The first-order valence-electron chi connectivity index (χ1n) is 6.63. The van der Waals surface area contributed by atoms with Crippen LogP contribution in [-0.2, 0) is 10.0 Å². The number of nitrogens with one attached hydrogen (secondary N) is 1. The van der Waals surface area contributed by atoms with Crippen LogP contribution >= 0.6 is 0 Å². The number of sulfonamides is 1. The predicted molar refractivity (Wildman–Crippen MR) is 83.7 cm³/mol. The summed E-state index contributed by atoms with van der Waals surface area (Å²) < 4.78 is 26.4. The second kappa shape index (κ2) is 6.24. The molecule has 0 bridgehead atoms. The SMILES string of the molecule is CNC(C)c1ccc(S(=O)(=O)N(C)c2ccncc2)cc1. The number of hydrogen-bond acceptors (Lipinski definition) is 4. The van der Waals surface area contributed by atoms with Gasteiger partial charge in [-0.25, -0.2) is 8.42 Å². The zero-order chi connectivity index (χ0) is 15.5. The number of nitrogens with zero attached hydrogens (tertiary/aromatic N) is 2. The Bertz CT molecular complexity index is 685. The zero-order valence-corrected chi connectivity index (χ0v) is 13.1. The van der Waals surface area contributed by atoms with Gasteiger partial charge in [-0.1, -0.05) is 12.1 Å². The zero-order valence-electron chi connectivity index (χ0n) is 12.3. The predicted octanol–water partition coefficient (Wildman–Crippen LogP) is 2.19. The van der Waals surface area contributed by atoms with Crippen molar-refractivity contribution in [3.05, 3.63) is 54.4 Å². The van der Waals surface area contributed by atoms with E-state index >= 15 is 0 Å². The van der Waals surface area contributed by atoms with Crippen LogP contribution < -0.4 is 9.62 Å². The van der Waals surface area contributed by atoms with Crippen LogP contribution in [0.4, 0.5) is 5.69 Å². The Morgan fingerprint density at radius 2 is 1.67 bits per heavy atom. The Morgan fingerprint density at radius 1 is 1.10 bits per heavy atom. The Balaban J connectivity index is 2.32. The van der Waals surface area contributed by atoms with Gasteiger partial charge in [0.25, 0.3) is 10.0 Å². The van der Waals surface area contributed by atoms with E-state index in [0.29, 0.717) is 5.69 Å². The van der Waals surface area contributed by atoms with E-state index in [1.165, 1.54) is 11.4 Å². The molecule has 2 rings (SSSR count). The monoisotopic (exact) mass is 305 g/mol. The number of anilines is 1. The van der Waals surface area contributed by atoms with E-state index in [1.807, 2.05) is 26.1 Å². The molecule has 1 aromatic carbocycles. The minimum atomic E-state index is -3.56. The summed E-state index contributed by atoms with van der Waals surface area (Å²) in [5.41, 5.74) is 1.63. The summed E-state index contributed by atoms with van der Waals surface area (Å²) in [4.78, 5) is 4.17. The van der Waals surface area contributed by atoms with Crippen molar-refractivity contribution in [2.45, 2.75) is 17.9 Å². The number of benzene rings is 1. The number of hydrogen-bond donors (Lipinski definition) is 1.